The van der Waals surface area contributed by atoms with E-state index in [0.717, 1.165) is 24.0 Å². The molecule has 184 valence electrons. The van der Waals surface area contributed by atoms with E-state index in [1.165, 1.54) is 11.1 Å². The Morgan fingerprint density at radius 3 is 2.06 bits per heavy atom. The van der Waals surface area contributed by atoms with Gasteiger partial charge in [0.25, 0.3) is 0 Å². The first-order valence-electron chi connectivity index (χ1n) is 12.6. The third-order valence-electron chi connectivity index (χ3n) is 7.68. The van der Waals surface area contributed by atoms with Gasteiger partial charge < -0.3 is 20.5 Å². The topological polar surface area (TPSA) is 105 Å². The second kappa shape index (κ2) is 10.1. The molecular formula is C28H32N2O5. The standard InChI is InChI=1S/C28H32N2O5/c31-26(29-19-13-11-18(12-14-19)27(32)33)15-25(17-9-10-17)30-28(34)35-16-24-22-7-3-1-5-20(22)21-6-2-4-8-23(21)24/h1-8,17-19,24-25H,9-16H2,(H,29,31)(H,30,34)(H,32,33). The lowest BCUT2D eigenvalue weighted by Gasteiger charge is -2.27. The number of hydrogen-bond donors (Lipinski definition) is 3. The highest BCUT2D eigenvalue weighted by atomic mass is 16.5. The molecule has 0 heterocycles. The Hall–Kier alpha value is -3.35. The molecule has 2 saturated carbocycles. The monoisotopic (exact) mass is 476 g/mol. The van der Waals surface area contributed by atoms with Gasteiger partial charge >= 0.3 is 12.1 Å². The van der Waals surface area contributed by atoms with Crippen LogP contribution in [0.5, 0.6) is 0 Å². The molecule has 0 radical (unpaired) electrons. The minimum atomic E-state index is -0.754. The third-order valence-corrected chi connectivity index (χ3v) is 7.68. The minimum Gasteiger partial charge on any atom is -0.481 e. The maximum Gasteiger partial charge on any atom is 0.407 e. The van der Waals surface area contributed by atoms with E-state index >= 15 is 0 Å². The highest BCUT2D eigenvalue weighted by molar-refractivity contribution is 5.80. The first kappa shape index (κ1) is 23.4. The van der Waals surface area contributed by atoms with Crippen LogP contribution >= 0.6 is 0 Å². The number of aliphatic carboxylic acids is 1. The third kappa shape index (κ3) is 5.34. The number of carbonyl (C=O) groups excluding carboxylic acids is 2. The largest absolute Gasteiger partial charge is 0.481 e. The van der Waals surface area contributed by atoms with Crippen LogP contribution in [0.4, 0.5) is 4.79 Å². The lowest BCUT2D eigenvalue weighted by Crippen LogP contribution is -2.44. The van der Waals surface area contributed by atoms with Crippen molar-refractivity contribution in [3.63, 3.8) is 0 Å². The summed E-state index contributed by atoms with van der Waals surface area (Å²) in [4.78, 5) is 36.5. The van der Waals surface area contributed by atoms with E-state index in [-0.39, 0.29) is 42.9 Å². The molecule has 2 aromatic carbocycles. The minimum absolute atomic E-state index is 0.00301. The number of carboxylic acids is 1. The van der Waals surface area contributed by atoms with Crippen LogP contribution in [0.3, 0.4) is 0 Å². The molecule has 3 aliphatic rings. The zero-order valence-corrected chi connectivity index (χ0v) is 19.7. The Bertz CT molecular complexity index is 1060. The fraction of sp³-hybridized carbons (Fsp3) is 0.464. The van der Waals surface area contributed by atoms with Crippen LogP contribution in [0.15, 0.2) is 48.5 Å². The van der Waals surface area contributed by atoms with E-state index in [1.807, 2.05) is 24.3 Å². The van der Waals surface area contributed by atoms with E-state index in [1.54, 1.807) is 0 Å². The van der Waals surface area contributed by atoms with Gasteiger partial charge in [0.05, 0.1) is 5.92 Å². The second-order valence-electron chi connectivity index (χ2n) is 10.1. The number of carbonyl (C=O) groups is 3. The van der Waals surface area contributed by atoms with E-state index in [4.69, 9.17) is 9.84 Å². The summed E-state index contributed by atoms with van der Waals surface area (Å²) in [6.07, 6.45) is 4.24. The van der Waals surface area contributed by atoms with E-state index in [9.17, 15) is 14.4 Å². The smallest absolute Gasteiger partial charge is 0.407 e. The van der Waals surface area contributed by atoms with E-state index in [2.05, 4.69) is 34.9 Å². The molecule has 3 N–H and O–H groups in total. The van der Waals surface area contributed by atoms with Crippen LogP contribution in [0.2, 0.25) is 0 Å². The zero-order valence-electron chi connectivity index (χ0n) is 19.7. The average Bonchev–Trinajstić information content (AvgIpc) is 3.66. The van der Waals surface area contributed by atoms with Crippen molar-refractivity contribution < 1.29 is 24.2 Å². The fourth-order valence-electron chi connectivity index (χ4n) is 5.60. The number of rotatable bonds is 8. The maximum absolute atomic E-state index is 12.7. The molecule has 0 aliphatic heterocycles. The van der Waals surface area contributed by atoms with Crippen LogP contribution < -0.4 is 10.6 Å². The number of alkyl carbamates (subject to hydrolysis) is 1. The van der Waals surface area contributed by atoms with Crippen molar-refractivity contribution in [2.45, 2.75) is 62.9 Å². The first-order chi connectivity index (χ1) is 17.0. The van der Waals surface area contributed by atoms with E-state index in [0.29, 0.717) is 31.6 Å². The Balaban J connectivity index is 1.14. The molecule has 1 atom stereocenters. The Kier molecular flexibility index (Phi) is 6.75. The summed E-state index contributed by atoms with van der Waals surface area (Å²) in [6.45, 7) is 0.246. The SMILES string of the molecule is O=C(CC(NC(=O)OCC1c2ccccc2-c2ccccc21)C1CC1)NC1CCC(C(=O)O)CC1. The number of hydrogen-bond acceptors (Lipinski definition) is 4. The summed E-state index contributed by atoms with van der Waals surface area (Å²) >= 11 is 0. The predicted molar refractivity (Wildman–Crippen MR) is 131 cm³/mol. The Morgan fingerprint density at radius 2 is 1.49 bits per heavy atom. The lowest BCUT2D eigenvalue weighted by molar-refractivity contribution is -0.142. The van der Waals surface area contributed by atoms with E-state index < -0.39 is 12.1 Å². The molecule has 2 amide bonds. The summed E-state index contributed by atoms with van der Waals surface area (Å²) < 4.78 is 5.68. The molecule has 7 nitrogen and oxygen atoms in total. The molecule has 35 heavy (non-hydrogen) atoms. The molecule has 2 fully saturated rings. The van der Waals surface area contributed by atoms with Crippen LogP contribution in [-0.2, 0) is 14.3 Å². The molecule has 5 rings (SSSR count). The Labute approximate surface area is 205 Å². The molecular weight excluding hydrogens is 444 g/mol. The molecule has 0 spiro atoms. The van der Waals surface area contributed by atoms with Gasteiger partial charge in [-0.15, -0.1) is 0 Å². The van der Waals surface area contributed by atoms with Gasteiger partial charge in [0.1, 0.15) is 6.61 Å². The summed E-state index contributed by atoms with van der Waals surface area (Å²) in [5.74, 6) is -0.867. The number of ether oxygens (including phenoxy) is 1. The van der Waals surface area contributed by atoms with Crippen molar-refractivity contribution in [2.75, 3.05) is 6.61 Å². The van der Waals surface area contributed by atoms with Gasteiger partial charge in [-0.1, -0.05) is 48.5 Å². The highest BCUT2D eigenvalue weighted by Gasteiger charge is 2.36. The van der Waals surface area contributed by atoms with Gasteiger partial charge in [-0.3, -0.25) is 9.59 Å². The van der Waals surface area contributed by atoms with Gasteiger partial charge in [-0.2, -0.15) is 0 Å². The van der Waals surface area contributed by atoms with Crippen LogP contribution in [0.25, 0.3) is 11.1 Å². The summed E-state index contributed by atoms with van der Waals surface area (Å²) in [5, 5.41) is 15.1. The average molecular weight is 477 g/mol. The Morgan fingerprint density at radius 1 is 0.886 bits per heavy atom. The van der Waals surface area contributed by atoms with Crippen LogP contribution in [0.1, 0.15) is 62.0 Å². The summed E-state index contributed by atoms with van der Waals surface area (Å²) in [6, 6.07) is 16.2. The number of nitrogens with one attached hydrogen (secondary N) is 2. The molecule has 0 aromatic heterocycles. The lowest BCUT2D eigenvalue weighted by atomic mass is 9.86. The van der Waals surface area contributed by atoms with Gasteiger partial charge in [-0.25, -0.2) is 4.79 Å². The number of benzene rings is 2. The van der Waals surface area contributed by atoms with Crippen molar-refractivity contribution in [1.29, 1.82) is 0 Å². The number of fused-ring (bicyclic) bond motifs is 3. The van der Waals surface area contributed by atoms with Crippen molar-refractivity contribution in [3.8, 4) is 11.1 Å². The van der Waals surface area contributed by atoms with Crippen molar-refractivity contribution >= 4 is 18.0 Å². The molecule has 3 aliphatic carbocycles. The number of amides is 2. The fourth-order valence-corrected chi connectivity index (χ4v) is 5.60. The summed E-state index contributed by atoms with van der Waals surface area (Å²) in [5.41, 5.74) is 4.69. The normalized spacial score (nSPS) is 21.9. The number of carboxylic acid groups (broad SMARTS) is 1. The molecule has 0 bridgehead atoms. The van der Waals surface area contributed by atoms with Crippen molar-refractivity contribution in [3.05, 3.63) is 59.7 Å². The molecule has 7 heteroatoms. The molecule has 2 aromatic rings. The van der Waals surface area contributed by atoms with Gasteiger partial charge in [0.2, 0.25) is 5.91 Å². The maximum atomic E-state index is 12.7. The molecule has 1 unspecified atom stereocenters. The zero-order chi connectivity index (χ0) is 24.4. The van der Waals surface area contributed by atoms with Gasteiger partial charge in [0, 0.05) is 24.4 Å². The van der Waals surface area contributed by atoms with Gasteiger partial charge in [-0.05, 0) is 66.7 Å². The highest BCUT2D eigenvalue weighted by Crippen LogP contribution is 2.44. The second-order valence-corrected chi connectivity index (χ2v) is 10.1. The van der Waals surface area contributed by atoms with Gasteiger partial charge in [0.15, 0.2) is 0 Å². The summed E-state index contributed by atoms with van der Waals surface area (Å²) in [7, 11) is 0. The van der Waals surface area contributed by atoms with Crippen molar-refractivity contribution in [1.82, 2.24) is 10.6 Å². The van der Waals surface area contributed by atoms with Crippen LogP contribution in [0, 0.1) is 11.8 Å². The van der Waals surface area contributed by atoms with Crippen molar-refractivity contribution in [2.24, 2.45) is 11.8 Å². The predicted octanol–water partition coefficient (Wildman–Crippen LogP) is 4.45. The van der Waals surface area contributed by atoms with Crippen LogP contribution in [-0.4, -0.2) is 41.8 Å². The molecule has 0 saturated heterocycles. The first-order valence-corrected chi connectivity index (χ1v) is 12.6. The quantitative estimate of drug-likeness (QED) is 0.522.